The molecule has 0 saturated carbocycles. The van der Waals surface area contributed by atoms with E-state index in [2.05, 4.69) is 9.97 Å². The first kappa shape index (κ1) is 13.6. The van der Waals surface area contributed by atoms with Gasteiger partial charge in [-0.1, -0.05) is 0 Å². The summed E-state index contributed by atoms with van der Waals surface area (Å²) in [4.78, 5) is 13.0. The van der Waals surface area contributed by atoms with Gasteiger partial charge < -0.3 is 29.8 Å². The van der Waals surface area contributed by atoms with Crippen LogP contribution in [0.25, 0.3) is 11.2 Å². The standard InChI is InChI=1S/C14H19N5O3/c15-10-7-11-12(16-13(10)19-2-1-9(20)8-19)17-14(22-11)18-3-5-21-6-4-18/h7,9,20H,1-6,8,15H2/t9-/m1/s1. The molecule has 2 aliphatic rings. The van der Waals surface area contributed by atoms with Gasteiger partial charge in [0.1, 0.15) is 0 Å². The molecule has 2 aromatic heterocycles. The zero-order valence-electron chi connectivity index (χ0n) is 12.2. The number of nitrogen functional groups attached to an aromatic ring is 1. The maximum atomic E-state index is 9.68. The number of aliphatic hydroxyl groups is 1. The molecule has 3 N–H and O–H groups in total. The lowest BCUT2D eigenvalue weighted by molar-refractivity contribution is 0.120. The van der Waals surface area contributed by atoms with Crippen LogP contribution in [-0.4, -0.2) is 60.6 Å². The number of ether oxygens (including phenoxy) is 1. The molecule has 0 aromatic carbocycles. The molecule has 118 valence electrons. The number of morpholine rings is 1. The quantitative estimate of drug-likeness (QED) is 0.812. The number of β-amino-alcohol motifs (C(OH)–C–C–N with tert-alkyl or cyclic N) is 1. The molecule has 1 atom stereocenters. The number of rotatable bonds is 2. The molecule has 0 radical (unpaired) electrons. The smallest absolute Gasteiger partial charge is 0.300 e. The van der Waals surface area contributed by atoms with Crippen molar-refractivity contribution in [2.24, 2.45) is 0 Å². The van der Waals surface area contributed by atoms with Gasteiger partial charge in [0.2, 0.25) is 5.65 Å². The number of anilines is 3. The summed E-state index contributed by atoms with van der Waals surface area (Å²) in [6.45, 7) is 4.16. The zero-order chi connectivity index (χ0) is 15.1. The summed E-state index contributed by atoms with van der Waals surface area (Å²) in [5.41, 5.74) is 7.77. The Labute approximate surface area is 127 Å². The van der Waals surface area contributed by atoms with E-state index in [9.17, 15) is 5.11 Å². The van der Waals surface area contributed by atoms with Crippen molar-refractivity contribution in [2.45, 2.75) is 12.5 Å². The van der Waals surface area contributed by atoms with E-state index < -0.39 is 0 Å². The monoisotopic (exact) mass is 305 g/mol. The third-order valence-electron chi connectivity index (χ3n) is 4.12. The molecule has 2 aromatic rings. The highest BCUT2D eigenvalue weighted by molar-refractivity contribution is 5.80. The molecular weight excluding hydrogens is 286 g/mol. The Morgan fingerprint density at radius 2 is 2.00 bits per heavy atom. The first-order valence-corrected chi connectivity index (χ1v) is 7.53. The lowest BCUT2D eigenvalue weighted by Crippen LogP contribution is -2.36. The van der Waals surface area contributed by atoms with Gasteiger partial charge in [-0.05, 0) is 6.42 Å². The highest BCUT2D eigenvalue weighted by Crippen LogP contribution is 2.30. The average molecular weight is 305 g/mol. The number of fused-ring (bicyclic) bond motifs is 1. The van der Waals surface area contributed by atoms with Crippen LogP contribution in [0.1, 0.15) is 6.42 Å². The Balaban J connectivity index is 1.67. The van der Waals surface area contributed by atoms with E-state index in [0.717, 1.165) is 26.1 Å². The Morgan fingerprint density at radius 3 is 2.73 bits per heavy atom. The van der Waals surface area contributed by atoms with Gasteiger partial charge in [-0.3, -0.25) is 0 Å². The van der Waals surface area contributed by atoms with Gasteiger partial charge >= 0.3 is 0 Å². The SMILES string of the molecule is Nc1cc2oc(N3CCOCC3)nc2nc1N1CC[C@@H](O)C1. The topological polar surface area (TPSA) is 101 Å². The van der Waals surface area contributed by atoms with Crippen molar-refractivity contribution in [3.8, 4) is 0 Å². The van der Waals surface area contributed by atoms with E-state index in [0.29, 0.717) is 48.5 Å². The summed E-state index contributed by atoms with van der Waals surface area (Å²) < 4.78 is 11.1. The normalized spacial score (nSPS) is 22.7. The molecule has 4 rings (SSSR count). The average Bonchev–Trinajstić information content (AvgIpc) is 3.13. The molecule has 2 saturated heterocycles. The molecule has 2 aliphatic heterocycles. The summed E-state index contributed by atoms with van der Waals surface area (Å²) >= 11 is 0. The van der Waals surface area contributed by atoms with Gasteiger partial charge in [0, 0.05) is 32.2 Å². The Morgan fingerprint density at radius 1 is 1.18 bits per heavy atom. The minimum Gasteiger partial charge on any atom is -0.422 e. The van der Waals surface area contributed by atoms with E-state index in [1.54, 1.807) is 6.07 Å². The maximum Gasteiger partial charge on any atom is 0.300 e. The van der Waals surface area contributed by atoms with Gasteiger partial charge in [-0.25, -0.2) is 4.98 Å². The lowest BCUT2D eigenvalue weighted by atomic mass is 10.3. The van der Waals surface area contributed by atoms with Crippen molar-refractivity contribution >= 4 is 28.8 Å². The predicted octanol–water partition coefficient (Wildman–Crippen LogP) is 0.213. The number of aliphatic hydroxyl groups excluding tert-OH is 1. The maximum absolute atomic E-state index is 9.68. The van der Waals surface area contributed by atoms with Crippen molar-refractivity contribution < 1.29 is 14.3 Å². The fraction of sp³-hybridized carbons (Fsp3) is 0.571. The lowest BCUT2D eigenvalue weighted by Gasteiger charge is -2.24. The highest BCUT2D eigenvalue weighted by atomic mass is 16.5. The Kier molecular flexibility index (Phi) is 3.27. The van der Waals surface area contributed by atoms with Crippen molar-refractivity contribution in [3.05, 3.63) is 6.07 Å². The van der Waals surface area contributed by atoms with Gasteiger partial charge in [0.25, 0.3) is 6.01 Å². The van der Waals surface area contributed by atoms with Crippen molar-refractivity contribution in [1.82, 2.24) is 9.97 Å². The van der Waals surface area contributed by atoms with Crippen LogP contribution in [0.2, 0.25) is 0 Å². The van der Waals surface area contributed by atoms with Crippen LogP contribution < -0.4 is 15.5 Å². The minimum atomic E-state index is -0.321. The van der Waals surface area contributed by atoms with Crippen molar-refractivity contribution in [3.63, 3.8) is 0 Å². The van der Waals surface area contributed by atoms with E-state index in [-0.39, 0.29) is 6.10 Å². The largest absolute Gasteiger partial charge is 0.422 e. The Hall–Kier alpha value is -2.06. The molecule has 8 nitrogen and oxygen atoms in total. The van der Waals surface area contributed by atoms with Gasteiger partial charge in [0.05, 0.1) is 25.0 Å². The van der Waals surface area contributed by atoms with Crippen LogP contribution in [0.15, 0.2) is 10.5 Å². The summed E-state index contributed by atoms with van der Waals surface area (Å²) in [6, 6.07) is 2.32. The molecule has 0 aliphatic carbocycles. The van der Waals surface area contributed by atoms with Crippen LogP contribution in [0.5, 0.6) is 0 Å². The summed E-state index contributed by atoms with van der Waals surface area (Å²) in [5.74, 6) is 0.672. The molecule has 8 heteroatoms. The highest BCUT2D eigenvalue weighted by Gasteiger charge is 2.25. The van der Waals surface area contributed by atoms with Gasteiger partial charge in [0.15, 0.2) is 11.4 Å². The first-order chi connectivity index (χ1) is 10.7. The van der Waals surface area contributed by atoms with E-state index in [1.807, 2.05) is 9.80 Å². The second-order valence-electron chi connectivity index (χ2n) is 5.71. The molecular formula is C14H19N5O3. The number of hydrogen-bond acceptors (Lipinski definition) is 8. The van der Waals surface area contributed by atoms with Crippen LogP contribution in [-0.2, 0) is 4.74 Å². The summed E-state index contributed by atoms with van der Waals surface area (Å²) in [7, 11) is 0. The molecule has 0 unspecified atom stereocenters. The molecule has 0 bridgehead atoms. The van der Waals surface area contributed by atoms with E-state index >= 15 is 0 Å². The number of aromatic nitrogens is 2. The number of hydrogen-bond donors (Lipinski definition) is 2. The first-order valence-electron chi connectivity index (χ1n) is 7.53. The number of nitrogens with two attached hydrogens (primary N) is 1. The third kappa shape index (κ3) is 2.34. The predicted molar refractivity (Wildman–Crippen MR) is 82.1 cm³/mol. The van der Waals surface area contributed by atoms with Crippen LogP contribution in [0, 0.1) is 0 Å². The summed E-state index contributed by atoms with van der Waals surface area (Å²) in [5, 5.41) is 9.68. The Bertz CT molecular complexity index is 682. The number of nitrogens with zero attached hydrogens (tertiary/aromatic N) is 4. The van der Waals surface area contributed by atoms with E-state index in [4.69, 9.17) is 14.9 Å². The second kappa shape index (κ2) is 5.29. The third-order valence-corrected chi connectivity index (χ3v) is 4.12. The molecule has 0 spiro atoms. The molecule has 4 heterocycles. The van der Waals surface area contributed by atoms with Crippen molar-refractivity contribution in [2.75, 3.05) is 54.9 Å². The van der Waals surface area contributed by atoms with Gasteiger partial charge in [-0.2, -0.15) is 4.98 Å². The van der Waals surface area contributed by atoms with Crippen molar-refractivity contribution in [1.29, 1.82) is 0 Å². The van der Waals surface area contributed by atoms with Gasteiger partial charge in [-0.15, -0.1) is 0 Å². The molecule has 2 fully saturated rings. The second-order valence-corrected chi connectivity index (χ2v) is 5.71. The van der Waals surface area contributed by atoms with Crippen LogP contribution in [0.3, 0.4) is 0 Å². The fourth-order valence-electron chi connectivity index (χ4n) is 2.93. The number of pyridine rings is 1. The fourth-order valence-corrected chi connectivity index (χ4v) is 2.93. The van der Waals surface area contributed by atoms with Crippen LogP contribution >= 0.6 is 0 Å². The zero-order valence-corrected chi connectivity index (χ0v) is 12.2. The number of oxazole rings is 1. The van der Waals surface area contributed by atoms with Crippen LogP contribution in [0.4, 0.5) is 17.5 Å². The van der Waals surface area contributed by atoms with E-state index in [1.165, 1.54) is 0 Å². The minimum absolute atomic E-state index is 0.321. The summed E-state index contributed by atoms with van der Waals surface area (Å²) in [6.07, 6.45) is 0.412. The molecule has 0 amide bonds. The molecule has 22 heavy (non-hydrogen) atoms.